The molecule has 2 aromatic heterocycles. The Morgan fingerprint density at radius 1 is 1.03 bits per heavy atom. The molecule has 0 atom stereocenters. The highest BCUT2D eigenvalue weighted by molar-refractivity contribution is 7.13. The number of amides is 1. The summed E-state index contributed by atoms with van der Waals surface area (Å²) >= 11 is 1.61. The van der Waals surface area contributed by atoms with Crippen molar-refractivity contribution in [2.24, 2.45) is 0 Å². The van der Waals surface area contributed by atoms with E-state index in [2.05, 4.69) is 41.1 Å². The van der Waals surface area contributed by atoms with Gasteiger partial charge >= 0.3 is 0 Å². The second kappa shape index (κ2) is 9.29. The molecule has 3 heterocycles. The molecule has 150 valence electrons. The van der Waals surface area contributed by atoms with Gasteiger partial charge in [0.15, 0.2) is 0 Å². The van der Waals surface area contributed by atoms with E-state index in [4.69, 9.17) is 4.98 Å². The van der Waals surface area contributed by atoms with Gasteiger partial charge in [-0.2, -0.15) is 0 Å². The molecule has 3 aromatic rings. The van der Waals surface area contributed by atoms with Crippen LogP contribution in [0.15, 0.2) is 54.0 Å². The van der Waals surface area contributed by atoms with Crippen molar-refractivity contribution in [3.8, 4) is 10.6 Å². The van der Waals surface area contributed by atoms with Crippen molar-refractivity contribution in [3.05, 3.63) is 71.0 Å². The van der Waals surface area contributed by atoms with Gasteiger partial charge in [-0.3, -0.25) is 14.7 Å². The number of thiazole rings is 1. The molecule has 0 radical (unpaired) electrons. The average Bonchev–Trinajstić information content (AvgIpc) is 3.23. The maximum Gasteiger partial charge on any atom is 0.228 e. The number of hydrogen-bond acceptors (Lipinski definition) is 5. The topological polar surface area (TPSA) is 49.3 Å². The molecule has 1 aliphatic rings. The van der Waals surface area contributed by atoms with Crippen molar-refractivity contribution in [1.29, 1.82) is 0 Å². The number of aromatic nitrogens is 2. The summed E-state index contributed by atoms with van der Waals surface area (Å²) in [5, 5.41) is 2.99. The molecule has 0 bridgehead atoms. The number of carbonyl (C=O) groups excluding carboxylic acids is 1. The van der Waals surface area contributed by atoms with Gasteiger partial charge in [0.25, 0.3) is 0 Å². The van der Waals surface area contributed by atoms with Crippen molar-refractivity contribution >= 4 is 17.2 Å². The van der Waals surface area contributed by atoms with Crippen LogP contribution in [0.2, 0.25) is 0 Å². The molecule has 0 unspecified atom stereocenters. The molecule has 5 nitrogen and oxygen atoms in total. The lowest BCUT2D eigenvalue weighted by Gasteiger charge is -2.34. The fourth-order valence-corrected chi connectivity index (χ4v) is 4.37. The zero-order valence-corrected chi connectivity index (χ0v) is 17.6. The molecule has 0 N–H and O–H groups in total. The summed E-state index contributed by atoms with van der Waals surface area (Å²) in [4.78, 5) is 26.1. The number of aryl methyl sites for hydroxylation is 1. The van der Waals surface area contributed by atoms with Gasteiger partial charge in [0.05, 0.1) is 17.8 Å². The van der Waals surface area contributed by atoms with E-state index >= 15 is 0 Å². The van der Waals surface area contributed by atoms with Crippen LogP contribution in [0.25, 0.3) is 10.6 Å². The first kappa shape index (κ1) is 19.7. The van der Waals surface area contributed by atoms with Crippen molar-refractivity contribution in [1.82, 2.24) is 19.8 Å². The largest absolute Gasteiger partial charge is 0.340 e. The van der Waals surface area contributed by atoms with Gasteiger partial charge in [-0.15, -0.1) is 11.3 Å². The Bertz CT molecular complexity index is 931. The van der Waals surface area contributed by atoms with Crippen LogP contribution in [-0.2, 0) is 24.2 Å². The van der Waals surface area contributed by atoms with E-state index in [1.807, 2.05) is 34.7 Å². The normalized spacial score (nSPS) is 14.9. The van der Waals surface area contributed by atoms with Crippen LogP contribution in [-0.4, -0.2) is 51.9 Å². The summed E-state index contributed by atoms with van der Waals surface area (Å²) in [6, 6.07) is 14.5. The lowest BCUT2D eigenvalue weighted by atomic mass is 10.1. The van der Waals surface area contributed by atoms with E-state index in [-0.39, 0.29) is 5.91 Å². The quantitative estimate of drug-likeness (QED) is 0.627. The summed E-state index contributed by atoms with van der Waals surface area (Å²) in [6.07, 6.45) is 3.24. The van der Waals surface area contributed by atoms with Crippen LogP contribution in [0.3, 0.4) is 0 Å². The molecule has 1 saturated heterocycles. The Hall–Kier alpha value is -2.57. The molecular formula is C23H26N4OS. The molecule has 0 spiro atoms. The van der Waals surface area contributed by atoms with E-state index in [1.54, 1.807) is 11.3 Å². The van der Waals surface area contributed by atoms with E-state index in [9.17, 15) is 4.79 Å². The lowest BCUT2D eigenvalue weighted by molar-refractivity contribution is -0.132. The first-order valence-corrected chi connectivity index (χ1v) is 11.0. The van der Waals surface area contributed by atoms with Crippen molar-refractivity contribution in [3.63, 3.8) is 0 Å². The number of pyridine rings is 1. The maximum absolute atomic E-state index is 12.7. The molecule has 0 aliphatic carbocycles. The van der Waals surface area contributed by atoms with E-state index < -0.39 is 0 Å². The molecule has 29 heavy (non-hydrogen) atoms. The minimum absolute atomic E-state index is 0.167. The Kier molecular flexibility index (Phi) is 6.32. The second-order valence-electron chi connectivity index (χ2n) is 7.35. The highest BCUT2D eigenvalue weighted by Crippen LogP contribution is 2.24. The minimum Gasteiger partial charge on any atom is -0.340 e. The van der Waals surface area contributed by atoms with Crippen molar-refractivity contribution < 1.29 is 4.79 Å². The Labute approximate surface area is 176 Å². The molecule has 0 saturated carbocycles. The van der Waals surface area contributed by atoms with Gasteiger partial charge in [-0.25, -0.2) is 4.98 Å². The zero-order chi connectivity index (χ0) is 20.1. The number of benzene rings is 1. The third-order valence-electron chi connectivity index (χ3n) is 5.33. The Morgan fingerprint density at radius 2 is 1.83 bits per heavy atom. The monoisotopic (exact) mass is 406 g/mol. The average molecular weight is 407 g/mol. The lowest BCUT2D eigenvalue weighted by Crippen LogP contribution is -2.48. The SMILES string of the molecule is CCc1ccc(-c2nc(CC(=O)N3CCN(Cc4ccccn4)CC3)cs2)cc1. The fourth-order valence-electron chi connectivity index (χ4n) is 3.55. The second-order valence-corrected chi connectivity index (χ2v) is 8.21. The van der Waals surface area contributed by atoms with Crippen LogP contribution >= 0.6 is 11.3 Å². The van der Waals surface area contributed by atoms with Crippen molar-refractivity contribution in [2.75, 3.05) is 26.2 Å². The molecule has 1 amide bonds. The number of carbonyl (C=O) groups is 1. The number of piperazine rings is 1. The molecule has 1 aliphatic heterocycles. The summed E-state index contributed by atoms with van der Waals surface area (Å²) in [5.41, 5.74) is 4.39. The highest BCUT2D eigenvalue weighted by atomic mass is 32.1. The summed E-state index contributed by atoms with van der Waals surface area (Å²) in [5.74, 6) is 0.167. The molecule has 1 fully saturated rings. The summed E-state index contributed by atoms with van der Waals surface area (Å²) < 4.78 is 0. The van der Waals surface area contributed by atoms with Gasteiger partial charge < -0.3 is 4.90 Å². The van der Waals surface area contributed by atoms with Crippen LogP contribution in [0, 0.1) is 0 Å². The Balaban J connectivity index is 1.29. The predicted molar refractivity (Wildman–Crippen MR) is 117 cm³/mol. The molecular weight excluding hydrogens is 380 g/mol. The van der Waals surface area contributed by atoms with Crippen LogP contribution in [0.4, 0.5) is 0 Å². The molecule has 1 aromatic carbocycles. The van der Waals surface area contributed by atoms with Crippen LogP contribution in [0.1, 0.15) is 23.9 Å². The fraction of sp³-hybridized carbons (Fsp3) is 0.348. The van der Waals surface area contributed by atoms with Crippen LogP contribution in [0.5, 0.6) is 0 Å². The third-order valence-corrected chi connectivity index (χ3v) is 6.27. The first-order chi connectivity index (χ1) is 14.2. The third kappa shape index (κ3) is 5.08. The first-order valence-electron chi connectivity index (χ1n) is 10.1. The van der Waals surface area contributed by atoms with Gasteiger partial charge in [-0.05, 0) is 24.1 Å². The molecule has 4 rings (SSSR count). The van der Waals surface area contributed by atoms with Crippen molar-refractivity contribution in [2.45, 2.75) is 26.3 Å². The minimum atomic E-state index is 0.167. The number of nitrogens with zero attached hydrogens (tertiary/aromatic N) is 4. The van der Waals surface area contributed by atoms with Gasteiger partial charge in [0.2, 0.25) is 5.91 Å². The van der Waals surface area contributed by atoms with Gasteiger partial charge in [0.1, 0.15) is 5.01 Å². The molecule has 6 heteroatoms. The summed E-state index contributed by atoms with van der Waals surface area (Å²) in [6.45, 7) is 6.29. The van der Waals surface area contributed by atoms with Gasteiger partial charge in [0, 0.05) is 49.9 Å². The van der Waals surface area contributed by atoms with Gasteiger partial charge in [-0.1, -0.05) is 37.3 Å². The van der Waals surface area contributed by atoms with E-state index in [0.717, 1.165) is 61.1 Å². The Morgan fingerprint density at radius 3 is 2.52 bits per heavy atom. The smallest absolute Gasteiger partial charge is 0.228 e. The maximum atomic E-state index is 12.7. The number of rotatable bonds is 6. The van der Waals surface area contributed by atoms with Crippen LogP contribution < -0.4 is 0 Å². The predicted octanol–water partition coefficient (Wildman–Crippen LogP) is 3.65. The summed E-state index contributed by atoms with van der Waals surface area (Å²) in [7, 11) is 0. The zero-order valence-electron chi connectivity index (χ0n) is 16.8. The standard InChI is InChI=1S/C23H26N4OS/c1-2-18-6-8-19(9-7-18)23-25-21(17-29-23)15-22(28)27-13-11-26(12-14-27)16-20-5-3-4-10-24-20/h3-10,17H,2,11-16H2,1H3. The highest BCUT2D eigenvalue weighted by Gasteiger charge is 2.22. The number of hydrogen-bond donors (Lipinski definition) is 0. The van der Waals surface area contributed by atoms with E-state index in [1.165, 1.54) is 5.56 Å². The van der Waals surface area contributed by atoms with E-state index in [0.29, 0.717) is 6.42 Å².